The molecule has 0 aliphatic heterocycles. The summed E-state index contributed by atoms with van der Waals surface area (Å²) in [4.78, 5) is 0. The first-order valence-electron chi connectivity index (χ1n) is 9.68. The van der Waals surface area contributed by atoms with Gasteiger partial charge in [-0.15, -0.1) is 0 Å². The van der Waals surface area contributed by atoms with Gasteiger partial charge >= 0.3 is 6.61 Å². The zero-order valence-corrected chi connectivity index (χ0v) is 19.7. The predicted octanol–water partition coefficient (Wildman–Crippen LogP) is 8.09. The van der Waals surface area contributed by atoms with Crippen molar-refractivity contribution in [3.8, 4) is 11.5 Å². The van der Waals surface area contributed by atoms with Gasteiger partial charge in [0.1, 0.15) is 17.3 Å². The quantitative estimate of drug-likeness (QED) is 0.262. The average molecular weight is 530 g/mol. The van der Waals surface area contributed by atoms with Crippen LogP contribution in [-0.2, 0) is 21.5 Å². The Balaban J connectivity index is 1.75. The molecule has 0 spiro atoms. The molecule has 0 saturated carbocycles. The fourth-order valence-electron chi connectivity index (χ4n) is 3.05. The van der Waals surface area contributed by atoms with Crippen LogP contribution in [0.2, 0.25) is 5.02 Å². The molecule has 0 aliphatic carbocycles. The van der Waals surface area contributed by atoms with Crippen molar-refractivity contribution in [2.75, 3.05) is 0 Å². The maximum Gasteiger partial charge on any atom is 0.347 e. The fraction of sp³-hybridized carbons (Fsp3) is 0.250. The lowest BCUT2D eigenvalue weighted by atomic mass is 9.84. The molecule has 0 aliphatic rings. The third-order valence-corrected chi connectivity index (χ3v) is 6.06. The van der Waals surface area contributed by atoms with Crippen LogP contribution in [-0.4, -0.2) is 12.9 Å². The van der Waals surface area contributed by atoms with Gasteiger partial charge in [0.05, 0.1) is 11.6 Å². The molecule has 0 N–H and O–H groups in total. The van der Waals surface area contributed by atoms with E-state index >= 15 is 0 Å². The second kappa shape index (κ2) is 10.7. The van der Waals surface area contributed by atoms with Crippen LogP contribution in [0.3, 0.4) is 0 Å². The Morgan fingerprint density at radius 1 is 0.969 bits per heavy atom. The first kappa shape index (κ1) is 24.6. The Hall–Kier alpha value is -2.06. The van der Waals surface area contributed by atoms with E-state index in [2.05, 4.69) is 15.9 Å². The van der Waals surface area contributed by atoms with Crippen LogP contribution in [0.15, 0.2) is 71.2 Å². The lowest BCUT2D eigenvalue weighted by Gasteiger charge is -2.34. The van der Waals surface area contributed by atoms with Gasteiger partial charge in [-0.1, -0.05) is 43.6 Å². The van der Waals surface area contributed by atoms with Crippen molar-refractivity contribution < 1.29 is 27.4 Å². The average Bonchev–Trinajstić information content (AvgIpc) is 2.74. The Bertz CT molecular complexity index is 1040. The van der Waals surface area contributed by atoms with Crippen molar-refractivity contribution in [1.29, 1.82) is 0 Å². The van der Waals surface area contributed by atoms with E-state index in [0.717, 1.165) is 0 Å². The van der Waals surface area contributed by atoms with E-state index < -0.39 is 18.3 Å². The van der Waals surface area contributed by atoms with Crippen LogP contribution in [0, 0.1) is 5.82 Å². The summed E-state index contributed by atoms with van der Waals surface area (Å²) in [6, 6.07) is 17.8. The molecule has 1 atom stereocenters. The summed E-state index contributed by atoms with van der Waals surface area (Å²) in [5, 5.41) is 0.456. The van der Waals surface area contributed by atoms with Crippen molar-refractivity contribution in [3.05, 3.63) is 93.2 Å². The van der Waals surface area contributed by atoms with Crippen molar-refractivity contribution in [2.45, 2.75) is 38.8 Å². The Kier molecular flexibility index (Phi) is 8.22. The largest absolute Gasteiger partial charge is 0.457 e. The smallest absolute Gasteiger partial charge is 0.347 e. The number of hydrogen-bond donors (Lipinski definition) is 0. The molecule has 3 aromatic carbocycles. The summed E-state index contributed by atoms with van der Waals surface area (Å²) in [7, 11) is 0. The van der Waals surface area contributed by atoms with E-state index in [1.165, 1.54) is 24.3 Å². The summed E-state index contributed by atoms with van der Waals surface area (Å²) >= 11 is 9.51. The van der Waals surface area contributed by atoms with Gasteiger partial charge in [0.25, 0.3) is 0 Å². The number of rotatable bonds is 9. The third kappa shape index (κ3) is 6.48. The van der Waals surface area contributed by atoms with Gasteiger partial charge in [-0.25, -0.2) is 4.39 Å². The first-order chi connectivity index (χ1) is 15.1. The van der Waals surface area contributed by atoms with Gasteiger partial charge in [0.2, 0.25) is 0 Å². The lowest BCUT2D eigenvalue weighted by Crippen LogP contribution is -2.39. The van der Waals surface area contributed by atoms with Crippen LogP contribution in [0.5, 0.6) is 11.5 Å². The molecule has 8 heteroatoms. The van der Waals surface area contributed by atoms with E-state index in [0.29, 0.717) is 32.1 Å². The molecule has 32 heavy (non-hydrogen) atoms. The molecule has 0 amide bonds. The minimum Gasteiger partial charge on any atom is -0.457 e. The molecule has 0 heterocycles. The highest BCUT2D eigenvalue weighted by molar-refractivity contribution is 9.10. The van der Waals surface area contributed by atoms with Crippen molar-refractivity contribution in [3.63, 3.8) is 0 Å². The number of hydrogen-bond acceptors (Lipinski definition) is 3. The maximum atomic E-state index is 13.2. The Morgan fingerprint density at radius 3 is 2.34 bits per heavy atom. The van der Waals surface area contributed by atoms with Crippen LogP contribution in [0.1, 0.15) is 25.0 Å². The molecule has 3 aromatic rings. The van der Waals surface area contributed by atoms with Gasteiger partial charge in [-0.3, -0.25) is 4.74 Å². The number of alkyl halides is 2. The second-order valence-corrected chi connectivity index (χ2v) is 8.86. The summed E-state index contributed by atoms with van der Waals surface area (Å²) in [6.45, 7) is 0.478. The maximum absolute atomic E-state index is 13.2. The summed E-state index contributed by atoms with van der Waals surface area (Å²) < 4.78 is 56.4. The minimum absolute atomic E-state index is 0.00565. The highest BCUT2D eigenvalue weighted by Crippen LogP contribution is 2.35. The normalized spacial score (nSPS) is 12.8. The van der Waals surface area contributed by atoms with Gasteiger partial charge in [0.15, 0.2) is 6.29 Å². The molecule has 0 saturated heterocycles. The molecule has 0 radical (unpaired) electrons. The Morgan fingerprint density at radius 2 is 1.69 bits per heavy atom. The zero-order valence-electron chi connectivity index (χ0n) is 17.3. The molecular weight excluding hydrogens is 509 g/mol. The van der Waals surface area contributed by atoms with Gasteiger partial charge in [-0.2, -0.15) is 8.78 Å². The fourth-order valence-corrected chi connectivity index (χ4v) is 3.48. The molecule has 170 valence electrons. The molecule has 0 bridgehead atoms. The van der Waals surface area contributed by atoms with E-state index in [1.54, 1.807) is 56.3 Å². The number of halogens is 5. The molecule has 1 unspecified atom stereocenters. The predicted molar refractivity (Wildman–Crippen MR) is 121 cm³/mol. The molecular formula is C24H21BrClF3O3. The lowest BCUT2D eigenvalue weighted by molar-refractivity contribution is -0.270. The van der Waals surface area contributed by atoms with Crippen molar-refractivity contribution in [1.82, 2.24) is 0 Å². The van der Waals surface area contributed by atoms with Crippen molar-refractivity contribution >= 4 is 27.5 Å². The van der Waals surface area contributed by atoms with E-state index in [1.807, 2.05) is 0 Å². The Labute approximate surface area is 198 Å². The van der Waals surface area contributed by atoms with Crippen LogP contribution >= 0.6 is 27.5 Å². The first-order valence-corrected chi connectivity index (χ1v) is 10.9. The van der Waals surface area contributed by atoms with Gasteiger partial charge < -0.3 is 9.47 Å². The van der Waals surface area contributed by atoms with E-state index in [9.17, 15) is 13.2 Å². The van der Waals surface area contributed by atoms with Crippen LogP contribution < -0.4 is 4.74 Å². The zero-order chi connectivity index (χ0) is 23.3. The standard InChI is InChI=1S/C24H21BrClF3O3/c1-24(2,16-6-11-20(25)21(26)13-16)22(32-23(28)29)30-14-15-4-3-5-19(12-15)31-18-9-7-17(27)8-10-18/h3-13,22-23H,14H2,1-2H3. The number of benzene rings is 3. The van der Waals surface area contributed by atoms with Gasteiger partial charge in [0, 0.05) is 9.89 Å². The highest BCUT2D eigenvalue weighted by atomic mass is 79.9. The molecule has 3 rings (SSSR count). The summed E-state index contributed by atoms with van der Waals surface area (Å²) in [5.41, 5.74) is 0.449. The van der Waals surface area contributed by atoms with Crippen LogP contribution in [0.25, 0.3) is 0 Å². The number of ether oxygens (including phenoxy) is 3. The summed E-state index contributed by atoms with van der Waals surface area (Å²) in [6.07, 6.45) is -1.25. The minimum atomic E-state index is -3.02. The molecule has 0 fully saturated rings. The van der Waals surface area contributed by atoms with Gasteiger partial charge in [-0.05, 0) is 75.6 Å². The topological polar surface area (TPSA) is 27.7 Å². The molecule has 0 aromatic heterocycles. The second-order valence-electron chi connectivity index (χ2n) is 7.59. The van der Waals surface area contributed by atoms with E-state index in [-0.39, 0.29) is 12.4 Å². The monoisotopic (exact) mass is 528 g/mol. The molecule has 3 nitrogen and oxygen atoms in total. The highest BCUT2D eigenvalue weighted by Gasteiger charge is 2.36. The summed E-state index contributed by atoms with van der Waals surface area (Å²) in [5.74, 6) is 0.610. The van der Waals surface area contributed by atoms with Crippen molar-refractivity contribution in [2.24, 2.45) is 0 Å². The van der Waals surface area contributed by atoms with E-state index in [4.69, 9.17) is 25.8 Å². The third-order valence-electron chi connectivity index (χ3n) is 4.83. The SMILES string of the molecule is CC(C)(c1ccc(Br)c(Cl)c1)C(OCc1cccc(Oc2ccc(F)cc2)c1)OC(F)F. The van der Waals surface area contributed by atoms with Crippen LogP contribution in [0.4, 0.5) is 13.2 Å².